The number of anilines is 3. The van der Waals surface area contributed by atoms with E-state index in [1.54, 1.807) is 19.2 Å². The molecule has 1 aliphatic heterocycles. The van der Waals surface area contributed by atoms with Crippen LogP contribution in [-0.4, -0.2) is 56.5 Å². The minimum absolute atomic E-state index is 0.275. The van der Waals surface area contributed by atoms with Gasteiger partial charge in [-0.1, -0.05) is 0 Å². The lowest BCUT2D eigenvalue weighted by Gasteiger charge is -2.31. The van der Waals surface area contributed by atoms with Crippen LogP contribution in [0, 0.1) is 5.92 Å². The number of H-pyrrole nitrogens is 3. The smallest absolute Gasteiger partial charge is 0.323 e. The van der Waals surface area contributed by atoms with Crippen LogP contribution in [0.1, 0.15) is 19.3 Å². The second-order valence-electron chi connectivity index (χ2n) is 7.90. The Kier molecular flexibility index (Phi) is 5.13. The Hall–Kier alpha value is -4.02. The summed E-state index contributed by atoms with van der Waals surface area (Å²) in [6.07, 6.45) is 6.55. The molecular formula is C21H23N9O2. The Balaban J connectivity index is 1.49. The van der Waals surface area contributed by atoms with Crippen molar-refractivity contribution < 1.29 is 0 Å². The minimum atomic E-state index is -0.370. The molecule has 0 aliphatic carbocycles. The highest BCUT2D eigenvalue weighted by Gasteiger charge is 2.22. The molecule has 1 saturated heterocycles. The lowest BCUT2D eigenvalue weighted by molar-refractivity contribution is 0.416. The molecule has 11 nitrogen and oxygen atoms in total. The van der Waals surface area contributed by atoms with Gasteiger partial charge in [-0.2, -0.15) is 10.1 Å². The Morgan fingerprint density at radius 2 is 2.00 bits per heavy atom. The number of rotatable bonds is 5. The van der Waals surface area contributed by atoms with Crippen molar-refractivity contribution >= 4 is 45.6 Å². The van der Waals surface area contributed by atoms with Crippen molar-refractivity contribution in [3.63, 3.8) is 0 Å². The van der Waals surface area contributed by atoms with Gasteiger partial charge in [-0.05, 0) is 49.6 Å². The van der Waals surface area contributed by atoms with Gasteiger partial charge in [0.2, 0.25) is 5.95 Å². The number of benzene rings is 1. The van der Waals surface area contributed by atoms with Gasteiger partial charge in [0, 0.05) is 25.8 Å². The van der Waals surface area contributed by atoms with E-state index in [0.717, 1.165) is 32.4 Å². The molecule has 3 aromatic heterocycles. The zero-order valence-corrected chi connectivity index (χ0v) is 17.6. The summed E-state index contributed by atoms with van der Waals surface area (Å²) in [6, 6.07) is 5.39. The maximum absolute atomic E-state index is 12.5. The van der Waals surface area contributed by atoms with Gasteiger partial charge < -0.3 is 25.2 Å². The van der Waals surface area contributed by atoms with E-state index in [0.29, 0.717) is 45.3 Å². The number of nitrogens with zero attached hydrogens (tertiary/aromatic N) is 5. The molecular weight excluding hydrogens is 410 g/mol. The summed E-state index contributed by atoms with van der Waals surface area (Å²) in [4.78, 5) is 45.1. The van der Waals surface area contributed by atoms with Crippen molar-refractivity contribution in [2.45, 2.75) is 19.3 Å². The zero-order chi connectivity index (χ0) is 22.1. The molecule has 0 amide bonds. The predicted molar refractivity (Wildman–Crippen MR) is 124 cm³/mol. The van der Waals surface area contributed by atoms with E-state index in [2.05, 4.69) is 40.4 Å². The van der Waals surface area contributed by atoms with Crippen LogP contribution in [0.5, 0.6) is 0 Å². The number of hydrogen-bond acceptors (Lipinski definition) is 8. The van der Waals surface area contributed by atoms with Gasteiger partial charge in [-0.25, -0.2) is 14.9 Å². The van der Waals surface area contributed by atoms with Crippen LogP contribution in [-0.2, 0) is 0 Å². The monoisotopic (exact) mass is 433 g/mol. The summed E-state index contributed by atoms with van der Waals surface area (Å²) >= 11 is 0. The summed E-state index contributed by atoms with van der Waals surface area (Å²) in [6.45, 7) is 1.67. The number of nitrogens with one attached hydrogen (secondary N) is 4. The standard InChI is InChI=1S/C21H23N9O2/c1-22-7-4-12-5-8-30(9-6-12)20-25-16-11-23-29-19(31)17(16)18(28-20)24-13-2-3-14-15(10-13)27-21(32)26-14/h2-3,7,10-12H,4-6,8-9H2,1H3,(H,29,31)(H,24,25,28)(H2,26,27,32)/b22-7+. The lowest BCUT2D eigenvalue weighted by atomic mass is 9.94. The molecule has 1 aliphatic rings. The van der Waals surface area contributed by atoms with E-state index in [9.17, 15) is 9.59 Å². The average Bonchev–Trinajstić information content (AvgIpc) is 3.17. The van der Waals surface area contributed by atoms with E-state index < -0.39 is 0 Å². The average molecular weight is 433 g/mol. The van der Waals surface area contributed by atoms with Gasteiger partial charge in [0.25, 0.3) is 5.56 Å². The summed E-state index contributed by atoms with van der Waals surface area (Å²) < 4.78 is 0. The highest BCUT2D eigenvalue weighted by molar-refractivity contribution is 5.91. The molecule has 1 fully saturated rings. The normalized spacial score (nSPS) is 15.2. The highest BCUT2D eigenvalue weighted by atomic mass is 16.1. The Morgan fingerprint density at radius 1 is 1.19 bits per heavy atom. The third kappa shape index (κ3) is 3.84. The molecule has 1 aromatic carbocycles. The maximum Gasteiger partial charge on any atom is 0.323 e. The van der Waals surface area contributed by atoms with Gasteiger partial charge in [-0.3, -0.25) is 4.79 Å². The van der Waals surface area contributed by atoms with Crippen molar-refractivity contribution in [3.05, 3.63) is 45.2 Å². The molecule has 11 heteroatoms. The van der Waals surface area contributed by atoms with Crippen LogP contribution >= 0.6 is 0 Å². The molecule has 0 radical (unpaired) electrons. The van der Waals surface area contributed by atoms with Crippen LogP contribution in [0.3, 0.4) is 0 Å². The highest BCUT2D eigenvalue weighted by Crippen LogP contribution is 2.27. The summed E-state index contributed by atoms with van der Waals surface area (Å²) in [5, 5.41) is 9.92. The van der Waals surface area contributed by atoms with Crippen molar-refractivity contribution in [3.8, 4) is 0 Å². The zero-order valence-electron chi connectivity index (χ0n) is 17.6. The Labute approximate surface area is 182 Å². The number of aliphatic imine (C=N–C) groups is 1. The molecule has 5 rings (SSSR count). The van der Waals surface area contributed by atoms with Crippen LogP contribution in [0.2, 0.25) is 0 Å². The molecule has 32 heavy (non-hydrogen) atoms. The fourth-order valence-electron chi connectivity index (χ4n) is 4.09. The first-order valence-corrected chi connectivity index (χ1v) is 10.5. The van der Waals surface area contributed by atoms with Crippen LogP contribution in [0.4, 0.5) is 17.5 Å². The van der Waals surface area contributed by atoms with E-state index in [1.165, 1.54) is 6.20 Å². The fourth-order valence-corrected chi connectivity index (χ4v) is 4.09. The van der Waals surface area contributed by atoms with Crippen molar-refractivity contribution in [2.75, 3.05) is 30.4 Å². The molecule has 0 atom stereocenters. The Bertz CT molecular complexity index is 1410. The third-order valence-corrected chi connectivity index (χ3v) is 5.80. The molecule has 0 bridgehead atoms. The fraction of sp³-hybridized carbons (Fsp3) is 0.333. The SMILES string of the molecule is C/N=C/CC1CCN(c2nc(Nc3ccc4[nH]c(=O)[nH]c4c3)c3c(=O)[nH]ncc3n2)CC1. The number of piperidine rings is 1. The van der Waals surface area contributed by atoms with Crippen LogP contribution in [0.15, 0.2) is 39.0 Å². The summed E-state index contributed by atoms with van der Waals surface area (Å²) in [5.41, 5.74) is 1.87. The first kappa shape index (κ1) is 19.9. The topological polar surface area (TPSA) is 148 Å². The van der Waals surface area contributed by atoms with Gasteiger partial charge >= 0.3 is 5.69 Å². The Morgan fingerprint density at radius 3 is 2.81 bits per heavy atom. The summed E-state index contributed by atoms with van der Waals surface area (Å²) in [5.74, 6) is 1.56. The molecule has 0 saturated carbocycles. The van der Waals surface area contributed by atoms with E-state index in [1.807, 2.05) is 12.3 Å². The van der Waals surface area contributed by atoms with E-state index in [4.69, 9.17) is 4.98 Å². The molecule has 4 N–H and O–H groups in total. The van der Waals surface area contributed by atoms with E-state index >= 15 is 0 Å². The number of fused-ring (bicyclic) bond motifs is 2. The molecule has 164 valence electrons. The number of aromatic nitrogens is 6. The van der Waals surface area contributed by atoms with Gasteiger partial charge in [0.15, 0.2) is 0 Å². The minimum Gasteiger partial charge on any atom is -0.341 e. The maximum atomic E-state index is 12.5. The van der Waals surface area contributed by atoms with Gasteiger partial charge in [0.05, 0.1) is 17.2 Å². The number of imidazole rings is 1. The van der Waals surface area contributed by atoms with Crippen LogP contribution < -0.4 is 21.5 Å². The second-order valence-corrected chi connectivity index (χ2v) is 7.90. The lowest BCUT2D eigenvalue weighted by Crippen LogP contribution is -2.35. The van der Waals surface area contributed by atoms with E-state index in [-0.39, 0.29) is 11.2 Å². The second kappa shape index (κ2) is 8.25. The van der Waals surface area contributed by atoms with Gasteiger partial charge in [0.1, 0.15) is 16.7 Å². The molecule has 4 heterocycles. The first-order chi connectivity index (χ1) is 15.6. The number of aromatic amines is 3. The van der Waals surface area contributed by atoms with Crippen molar-refractivity contribution in [1.29, 1.82) is 0 Å². The molecule has 0 unspecified atom stereocenters. The largest absolute Gasteiger partial charge is 0.341 e. The quantitative estimate of drug-likeness (QED) is 0.352. The predicted octanol–water partition coefficient (Wildman–Crippen LogP) is 1.93. The molecule has 0 spiro atoms. The summed E-state index contributed by atoms with van der Waals surface area (Å²) in [7, 11) is 1.80. The van der Waals surface area contributed by atoms with Gasteiger partial charge in [-0.15, -0.1) is 0 Å². The van der Waals surface area contributed by atoms with Crippen molar-refractivity contribution in [2.24, 2.45) is 10.9 Å². The number of hydrogen-bond donors (Lipinski definition) is 4. The van der Waals surface area contributed by atoms with Crippen LogP contribution in [0.25, 0.3) is 21.9 Å². The third-order valence-electron chi connectivity index (χ3n) is 5.80. The molecule has 4 aromatic rings. The van der Waals surface area contributed by atoms with Crippen molar-refractivity contribution in [1.82, 2.24) is 30.1 Å². The first-order valence-electron chi connectivity index (χ1n) is 10.5.